The van der Waals surface area contributed by atoms with E-state index in [1.807, 2.05) is 20.8 Å². The maximum Gasteiger partial charge on any atom is 0.162 e. The van der Waals surface area contributed by atoms with Gasteiger partial charge in [-0.25, -0.2) is 0 Å². The Kier molecular flexibility index (Phi) is 2.20. The normalized spacial score (nSPS) is 12.9. The molecule has 0 fully saturated rings. The highest BCUT2D eigenvalue weighted by Crippen LogP contribution is 2.14. The first-order valence-corrected chi connectivity index (χ1v) is 2.65. The van der Waals surface area contributed by atoms with Crippen LogP contribution >= 0.6 is 0 Å². The van der Waals surface area contributed by atoms with Gasteiger partial charge in [0.15, 0.2) is 5.71 Å². The maximum atomic E-state index is 8.32. The zero-order chi connectivity index (χ0) is 7.49. The monoisotopic (exact) mass is 126 g/mol. The van der Waals surface area contributed by atoms with Crippen LogP contribution in [0.1, 0.15) is 20.8 Å². The summed E-state index contributed by atoms with van der Waals surface area (Å²) < 4.78 is 0. The minimum atomic E-state index is -0.344. The fourth-order valence-corrected chi connectivity index (χ4v) is 0.340. The van der Waals surface area contributed by atoms with Crippen molar-refractivity contribution in [3.05, 3.63) is 0 Å². The Morgan fingerprint density at radius 3 is 2.00 bits per heavy atom. The summed E-state index contributed by atoms with van der Waals surface area (Å²) in [6.07, 6.45) is 0. The van der Waals surface area contributed by atoms with Crippen molar-refractivity contribution in [2.45, 2.75) is 20.8 Å². The third-order valence-electron chi connectivity index (χ3n) is 0.916. The Balaban J connectivity index is 4.39. The molecule has 1 N–H and O–H groups in total. The molecule has 9 heavy (non-hydrogen) atoms. The molecule has 0 aromatic carbocycles. The van der Waals surface area contributed by atoms with Crippen LogP contribution < -0.4 is 0 Å². The molecule has 0 amide bonds. The van der Waals surface area contributed by atoms with Gasteiger partial charge in [0.05, 0.1) is 0 Å². The van der Waals surface area contributed by atoms with E-state index in [0.717, 1.165) is 0 Å². The summed E-state index contributed by atoms with van der Waals surface area (Å²) in [6, 6.07) is 1.79. The average molecular weight is 126 g/mol. The number of hydrogen-bond acceptors (Lipinski definition) is 3. The standard InChI is InChI=1S/C6H10N2O/c1-6(2,3)5(4-7)8-9/h9H,1-3H3/b8-5+. The smallest absolute Gasteiger partial charge is 0.162 e. The highest BCUT2D eigenvalue weighted by molar-refractivity contribution is 6.01. The van der Waals surface area contributed by atoms with Crippen molar-refractivity contribution in [2.24, 2.45) is 10.6 Å². The van der Waals surface area contributed by atoms with Crippen molar-refractivity contribution in [2.75, 3.05) is 0 Å². The Morgan fingerprint density at radius 2 is 2.00 bits per heavy atom. The van der Waals surface area contributed by atoms with Gasteiger partial charge in [0.1, 0.15) is 6.07 Å². The molecule has 0 aliphatic heterocycles. The van der Waals surface area contributed by atoms with Crippen molar-refractivity contribution in [3.63, 3.8) is 0 Å². The first-order valence-electron chi connectivity index (χ1n) is 2.65. The Hall–Kier alpha value is -1.04. The van der Waals surface area contributed by atoms with Gasteiger partial charge in [-0.3, -0.25) is 0 Å². The van der Waals surface area contributed by atoms with Crippen LogP contribution in [0.25, 0.3) is 0 Å². The van der Waals surface area contributed by atoms with Crippen LogP contribution in [0.2, 0.25) is 0 Å². The maximum absolute atomic E-state index is 8.32. The van der Waals surface area contributed by atoms with E-state index in [1.54, 1.807) is 6.07 Å². The number of oxime groups is 1. The molecule has 0 aromatic heterocycles. The highest BCUT2D eigenvalue weighted by Gasteiger charge is 2.18. The van der Waals surface area contributed by atoms with E-state index in [2.05, 4.69) is 5.16 Å². The lowest BCUT2D eigenvalue weighted by molar-refractivity contribution is 0.312. The van der Waals surface area contributed by atoms with Crippen LogP contribution in [0, 0.1) is 16.7 Å². The van der Waals surface area contributed by atoms with Gasteiger partial charge in [-0.1, -0.05) is 25.9 Å². The number of rotatable bonds is 0. The molecule has 3 nitrogen and oxygen atoms in total. The SMILES string of the molecule is CC(C)(C)/C(C#N)=N/O. The molecule has 3 heteroatoms. The quantitative estimate of drug-likeness (QED) is 0.303. The van der Waals surface area contributed by atoms with Crippen LogP contribution in [-0.2, 0) is 0 Å². The van der Waals surface area contributed by atoms with E-state index >= 15 is 0 Å². The summed E-state index contributed by atoms with van der Waals surface area (Å²) >= 11 is 0. The lowest BCUT2D eigenvalue weighted by Gasteiger charge is -2.12. The second kappa shape index (κ2) is 2.49. The van der Waals surface area contributed by atoms with E-state index in [-0.39, 0.29) is 11.1 Å². The summed E-state index contributed by atoms with van der Waals surface area (Å²) in [5.74, 6) is 0. The predicted molar refractivity (Wildman–Crippen MR) is 34.3 cm³/mol. The topological polar surface area (TPSA) is 56.4 Å². The summed E-state index contributed by atoms with van der Waals surface area (Å²) in [6.45, 7) is 5.43. The van der Waals surface area contributed by atoms with Crippen molar-refractivity contribution in [1.29, 1.82) is 5.26 Å². The summed E-state index contributed by atoms with van der Waals surface area (Å²) in [5, 5.41) is 19.4. The molecule has 0 heterocycles. The first-order chi connectivity index (χ1) is 4.02. The fourth-order valence-electron chi connectivity index (χ4n) is 0.340. The van der Waals surface area contributed by atoms with E-state index in [4.69, 9.17) is 10.5 Å². The Morgan fingerprint density at radius 1 is 1.56 bits per heavy atom. The molecule has 0 aromatic rings. The molecular weight excluding hydrogens is 116 g/mol. The molecule has 0 aliphatic rings. The van der Waals surface area contributed by atoms with Crippen molar-refractivity contribution < 1.29 is 5.21 Å². The molecule has 0 saturated carbocycles. The highest BCUT2D eigenvalue weighted by atomic mass is 16.4. The van der Waals surface area contributed by atoms with E-state index < -0.39 is 0 Å². The van der Waals surface area contributed by atoms with Gasteiger partial charge in [0.2, 0.25) is 0 Å². The molecule has 0 bridgehead atoms. The predicted octanol–water partition coefficient (Wildman–Crippen LogP) is 1.39. The van der Waals surface area contributed by atoms with E-state index in [9.17, 15) is 0 Å². The van der Waals surface area contributed by atoms with Gasteiger partial charge in [0.25, 0.3) is 0 Å². The van der Waals surface area contributed by atoms with Crippen LogP contribution in [0.5, 0.6) is 0 Å². The molecular formula is C6H10N2O. The number of hydrogen-bond donors (Lipinski definition) is 1. The van der Waals surface area contributed by atoms with Gasteiger partial charge in [0, 0.05) is 5.41 Å². The molecule has 0 aliphatic carbocycles. The minimum absolute atomic E-state index is 0.155. The van der Waals surface area contributed by atoms with Gasteiger partial charge in [-0.15, -0.1) is 0 Å². The second-order valence-electron chi connectivity index (χ2n) is 2.81. The average Bonchev–Trinajstić information content (AvgIpc) is 1.65. The Labute approximate surface area is 54.6 Å². The third kappa shape index (κ3) is 2.13. The lowest BCUT2D eigenvalue weighted by Crippen LogP contribution is -2.18. The van der Waals surface area contributed by atoms with Crippen molar-refractivity contribution >= 4 is 5.71 Å². The van der Waals surface area contributed by atoms with Gasteiger partial charge >= 0.3 is 0 Å². The zero-order valence-electron chi connectivity index (χ0n) is 5.84. The molecule has 0 saturated heterocycles. The molecule has 0 spiro atoms. The van der Waals surface area contributed by atoms with Gasteiger partial charge < -0.3 is 5.21 Å². The Bertz CT molecular complexity index is 159. The first kappa shape index (κ1) is 7.96. The van der Waals surface area contributed by atoms with E-state index in [1.165, 1.54) is 0 Å². The summed E-state index contributed by atoms with van der Waals surface area (Å²) in [7, 11) is 0. The minimum Gasteiger partial charge on any atom is -0.410 e. The zero-order valence-corrected chi connectivity index (χ0v) is 5.84. The van der Waals surface area contributed by atoms with Crippen LogP contribution in [0.15, 0.2) is 5.16 Å². The van der Waals surface area contributed by atoms with Gasteiger partial charge in [-0.2, -0.15) is 5.26 Å². The summed E-state index contributed by atoms with van der Waals surface area (Å²) in [5.41, 5.74) is -0.189. The fraction of sp³-hybridized carbons (Fsp3) is 0.667. The number of nitrogens with zero attached hydrogens (tertiary/aromatic N) is 2. The van der Waals surface area contributed by atoms with Gasteiger partial charge in [-0.05, 0) is 0 Å². The van der Waals surface area contributed by atoms with Crippen LogP contribution in [0.4, 0.5) is 0 Å². The molecule has 0 rings (SSSR count). The molecule has 0 unspecified atom stereocenters. The largest absolute Gasteiger partial charge is 0.410 e. The third-order valence-corrected chi connectivity index (χ3v) is 0.916. The van der Waals surface area contributed by atoms with E-state index in [0.29, 0.717) is 0 Å². The summed E-state index contributed by atoms with van der Waals surface area (Å²) in [4.78, 5) is 0. The van der Waals surface area contributed by atoms with Crippen molar-refractivity contribution in [1.82, 2.24) is 0 Å². The second-order valence-corrected chi connectivity index (χ2v) is 2.81. The lowest BCUT2D eigenvalue weighted by atomic mass is 9.91. The molecule has 0 atom stereocenters. The number of nitriles is 1. The molecule has 50 valence electrons. The van der Waals surface area contributed by atoms with Crippen LogP contribution in [0.3, 0.4) is 0 Å². The molecule has 0 radical (unpaired) electrons. The van der Waals surface area contributed by atoms with Crippen LogP contribution in [-0.4, -0.2) is 10.9 Å². The van der Waals surface area contributed by atoms with Crippen molar-refractivity contribution in [3.8, 4) is 6.07 Å².